The van der Waals surface area contributed by atoms with E-state index in [9.17, 15) is 9.59 Å². The van der Waals surface area contributed by atoms with Crippen molar-refractivity contribution in [2.75, 3.05) is 0 Å². The van der Waals surface area contributed by atoms with E-state index in [1.165, 1.54) is 0 Å². The van der Waals surface area contributed by atoms with Gasteiger partial charge in [0.2, 0.25) is 0 Å². The highest BCUT2D eigenvalue weighted by molar-refractivity contribution is 14.1. The maximum atomic E-state index is 11.7. The summed E-state index contributed by atoms with van der Waals surface area (Å²) in [5.41, 5.74) is 1.13. The van der Waals surface area contributed by atoms with Gasteiger partial charge >= 0.3 is 0 Å². The Morgan fingerprint density at radius 2 is 2.21 bits per heavy atom. The van der Waals surface area contributed by atoms with E-state index < -0.39 is 0 Å². The Hall–Kier alpha value is -0.230. The Morgan fingerprint density at radius 1 is 1.57 bits per heavy atom. The maximum absolute atomic E-state index is 11.7. The molecule has 0 aliphatic carbocycles. The topological polar surface area (TPSA) is 34.1 Å². The molecule has 0 aliphatic rings. The van der Waals surface area contributed by atoms with Crippen molar-refractivity contribution in [3.05, 3.63) is 32.9 Å². The average molecular weight is 367 g/mol. The molecular weight excluding hydrogens is 359 g/mol. The van der Waals surface area contributed by atoms with Gasteiger partial charge in [0, 0.05) is 14.7 Å². The first-order valence-electron chi connectivity index (χ1n) is 3.99. The standard InChI is InChI=1S/C10H8BrIO2/c1-6(11)10(14)8-4-7(5-13)2-3-9(8)12/h2-6H,1H3. The number of ketones is 1. The van der Waals surface area contributed by atoms with Gasteiger partial charge in [-0.3, -0.25) is 9.59 Å². The van der Waals surface area contributed by atoms with Gasteiger partial charge in [-0.05, 0) is 41.6 Å². The summed E-state index contributed by atoms with van der Waals surface area (Å²) >= 11 is 5.30. The Labute approximate surface area is 104 Å². The Bertz CT molecular complexity index is 374. The summed E-state index contributed by atoms with van der Waals surface area (Å²) in [6, 6.07) is 5.09. The van der Waals surface area contributed by atoms with Gasteiger partial charge in [-0.15, -0.1) is 0 Å². The first-order valence-corrected chi connectivity index (χ1v) is 5.98. The fourth-order valence-electron chi connectivity index (χ4n) is 1.02. The van der Waals surface area contributed by atoms with Crippen LogP contribution < -0.4 is 0 Å². The number of alkyl halides is 1. The molecule has 0 bridgehead atoms. The van der Waals surface area contributed by atoms with Crippen molar-refractivity contribution in [1.82, 2.24) is 0 Å². The van der Waals surface area contributed by atoms with E-state index in [0.29, 0.717) is 11.1 Å². The van der Waals surface area contributed by atoms with E-state index in [0.717, 1.165) is 9.86 Å². The van der Waals surface area contributed by atoms with Crippen LogP contribution in [0.1, 0.15) is 27.6 Å². The molecule has 1 atom stereocenters. The van der Waals surface area contributed by atoms with Crippen LogP contribution in [0.4, 0.5) is 0 Å². The molecule has 0 saturated carbocycles. The summed E-state index contributed by atoms with van der Waals surface area (Å²) in [5.74, 6) is -0.00176. The zero-order chi connectivity index (χ0) is 10.7. The number of rotatable bonds is 3. The minimum atomic E-state index is -0.224. The lowest BCUT2D eigenvalue weighted by Crippen LogP contribution is -2.12. The van der Waals surface area contributed by atoms with Crippen molar-refractivity contribution >= 4 is 50.6 Å². The van der Waals surface area contributed by atoms with Gasteiger partial charge < -0.3 is 0 Å². The molecule has 0 radical (unpaired) electrons. The number of hydrogen-bond acceptors (Lipinski definition) is 2. The van der Waals surface area contributed by atoms with Gasteiger partial charge in [-0.2, -0.15) is 0 Å². The SMILES string of the molecule is CC(Br)C(=O)c1cc(C=O)ccc1I. The number of carbonyl (C=O) groups is 2. The monoisotopic (exact) mass is 366 g/mol. The van der Waals surface area contributed by atoms with Gasteiger partial charge in [0.05, 0.1) is 4.83 Å². The zero-order valence-electron chi connectivity index (χ0n) is 7.46. The molecule has 14 heavy (non-hydrogen) atoms. The number of hydrogen-bond donors (Lipinski definition) is 0. The fourth-order valence-corrected chi connectivity index (χ4v) is 1.87. The van der Waals surface area contributed by atoms with Crippen LogP contribution in [-0.4, -0.2) is 16.9 Å². The summed E-state index contributed by atoms with van der Waals surface area (Å²) in [6.07, 6.45) is 0.742. The molecule has 0 heterocycles. The van der Waals surface area contributed by atoms with Crippen molar-refractivity contribution < 1.29 is 9.59 Å². The molecule has 0 saturated heterocycles. The Morgan fingerprint density at radius 3 is 2.71 bits per heavy atom. The van der Waals surface area contributed by atoms with Crippen molar-refractivity contribution in [3.63, 3.8) is 0 Å². The summed E-state index contributed by atoms with van der Waals surface area (Å²) < 4.78 is 0.865. The summed E-state index contributed by atoms with van der Waals surface area (Å²) in [7, 11) is 0. The second-order valence-electron chi connectivity index (χ2n) is 2.84. The molecule has 4 heteroatoms. The third-order valence-electron chi connectivity index (χ3n) is 1.75. The third kappa shape index (κ3) is 2.63. The average Bonchev–Trinajstić information content (AvgIpc) is 2.17. The van der Waals surface area contributed by atoms with Gasteiger partial charge in [0.25, 0.3) is 0 Å². The molecule has 0 N–H and O–H groups in total. The van der Waals surface area contributed by atoms with E-state index in [2.05, 4.69) is 38.5 Å². The molecule has 2 nitrogen and oxygen atoms in total. The molecular formula is C10H8BrIO2. The van der Waals surface area contributed by atoms with Crippen LogP contribution in [0.2, 0.25) is 0 Å². The number of Topliss-reactive ketones (excluding diaryl/α,β-unsaturated/α-hetero) is 1. The number of halogens is 2. The summed E-state index contributed by atoms with van der Waals surface area (Å²) in [6.45, 7) is 1.77. The molecule has 0 fully saturated rings. The largest absolute Gasteiger partial charge is 0.298 e. The van der Waals surface area contributed by atoms with Crippen LogP contribution in [0.5, 0.6) is 0 Å². The van der Waals surface area contributed by atoms with Crippen LogP contribution in [-0.2, 0) is 0 Å². The zero-order valence-corrected chi connectivity index (χ0v) is 11.2. The van der Waals surface area contributed by atoms with Gasteiger partial charge in [0.1, 0.15) is 6.29 Å². The maximum Gasteiger partial charge on any atom is 0.177 e. The molecule has 1 rings (SSSR count). The number of carbonyl (C=O) groups excluding carboxylic acids is 2. The summed E-state index contributed by atoms with van der Waals surface area (Å²) in [5, 5.41) is 0. The third-order valence-corrected chi connectivity index (χ3v) is 3.11. The summed E-state index contributed by atoms with van der Waals surface area (Å²) in [4.78, 5) is 22.0. The molecule has 1 unspecified atom stereocenters. The van der Waals surface area contributed by atoms with E-state index in [1.54, 1.807) is 25.1 Å². The second-order valence-corrected chi connectivity index (χ2v) is 5.37. The van der Waals surface area contributed by atoms with E-state index in [4.69, 9.17) is 0 Å². The quantitative estimate of drug-likeness (QED) is 0.356. The second kappa shape index (κ2) is 5.02. The lowest BCUT2D eigenvalue weighted by atomic mass is 10.1. The molecule has 0 spiro atoms. The molecule has 0 aliphatic heterocycles. The molecule has 0 aromatic heterocycles. The van der Waals surface area contributed by atoms with Crippen molar-refractivity contribution in [2.24, 2.45) is 0 Å². The molecule has 1 aromatic rings. The highest BCUT2D eigenvalue weighted by Gasteiger charge is 2.15. The molecule has 0 amide bonds. The van der Waals surface area contributed by atoms with Crippen LogP contribution in [0.3, 0.4) is 0 Å². The smallest absolute Gasteiger partial charge is 0.177 e. The van der Waals surface area contributed by atoms with Crippen molar-refractivity contribution in [2.45, 2.75) is 11.8 Å². The normalized spacial score (nSPS) is 12.2. The van der Waals surface area contributed by atoms with Gasteiger partial charge in [-0.1, -0.05) is 22.0 Å². The van der Waals surface area contributed by atoms with Gasteiger partial charge in [0.15, 0.2) is 5.78 Å². The molecule has 1 aromatic carbocycles. The van der Waals surface area contributed by atoms with Crippen LogP contribution in [0.15, 0.2) is 18.2 Å². The predicted molar refractivity (Wildman–Crippen MR) is 67.3 cm³/mol. The van der Waals surface area contributed by atoms with Crippen LogP contribution >= 0.6 is 38.5 Å². The number of benzene rings is 1. The van der Waals surface area contributed by atoms with E-state index in [-0.39, 0.29) is 10.6 Å². The van der Waals surface area contributed by atoms with Gasteiger partial charge in [-0.25, -0.2) is 0 Å². The first kappa shape index (κ1) is 11.8. The van der Waals surface area contributed by atoms with Crippen molar-refractivity contribution in [3.8, 4) is 0 Å². The van der Waals surface area contributed by atoms with Crippen LogP contribution in [0, 0.1) is 3.57 Å². The van der Waals surface area contributed by atoms with E-state index >= 15 is 0 Å². The first-order chi connectivity index (χ1) is 6.56. The lowest BCUT2D eigenvalue weighted by Gasteiger charge is -2.05. The molecule has 74 valence electrons. The Kier molecular flexibility index (Phi) is 4.25. The lowest BCUT2D eigenvalue weighted by molar-refractivity contribution is 0.0995. The van der Waals surface area contributed by atoms with Crippen LogP contribution in [0.25, 0.3) is 0 Å². The highest BCUT2D eigenvalue weighted by Crippen LogP contribution is 2.18. The predicted octanol–water partition coefficient (Wildman–Crippen LogP) is 3.07. The minimum Gasteiger partial charge on any atom is -0.298 e. The Balaban J connectivity index is 3.18. The number of aldehydes is 1. The minimum absolute atomic E-state index is 0.00176. The fraction of sp³-hybridized carbons (Fsp3) is 0.200. The van der Waals surface area contributed by atoms with Crippen molar-refractivity contribution in [1.29, 1.82) is 0 Å². The highest BCUT2D eigenvalue weighted by atomic mass is 127. The van der Waals surface area contributed by atoms with E-state index in [1.807, 2.05) is 0 Å².